The summed E-state index contributed by atoms with van der Waals surface area (Å²) in [5, 5.41) is 10.5. The van der Waals surface area contributed by atoms with E-state index in [0.29, 0.717) is 22.1 Å². The zero-order valence-corrected chi connectivity index (χ0v) is 19.5. The molecule has 0 bridgehead atoms. The Morgan fingerprint density at radius 1 is 1.12 bits per heavy atom. The fraction of sp³-hybridized carbons (Fsp3) is 0.143. The third kappa shape index (κ3) is 4.77. The zero-order chi connectivity index (χ0) is 22.9. The van der Waals surface area contributed by atoms with Gasteiger partial charge in [0.1, 0.15) is 10.7 Å². The molecule has 2 aromatic heterocycles. The normalized spacial score (nSPS) is 11.3. The van der Waals surface area contributed by atoms with Crippen molar-refractivity contribution in [2.45, 2.75) is 13.5 Å². The van der Waals surface area contributed by atoms with E-state index in [1.54, 1.807) is 42.5 Å². The van der Waals surface area contributed by atoms with Crippen molar-refractivity contribution in [3.63, 3.8) is 0 Å². The van der Waals surface area contributed by atoms with Crippen molar-refractivity contribution in [1.82, 2.24) is 14.7 Å². The number of nitrogens with one attached hydrogen (secondary N) is 1. The van der Waals surface area contributed by atoms with Gasteiger partial charge in [-0.1, -0.05) is 12.1 Å². The van der Waals surface area contributed by atoms with Crippen molar-refractivity contribution in [3.05, 3.63) is 69.7 Å². The molecule has 0 fully saturated rings. The minimum atomic E-state index is -3.71. The second-order valence-corrected chi connectivity index (χ2v) is 11.0. The third-order valence-electron chi connectivity index (χ3n) is 4.45. The number of nitriles is 1. The summed E-state index contributed by atoms with van der Waals surface area (Å²) >= 11 is 2.84. The molecule has 4 rings (SSSR count). The van der Waals surface area contributed by atoms with E-state index in [1.165, 1.54) is 11.3 Å². The lowest BCUT2D eigenvalue weighted by Gasteiger charge is -2.21. The van der Waals surface area contributed by atoms with E-state index in [9.17, 15) is 13.2 Å². The van der Waals surface area contributed by atoms with E-state index < -0.39 is 15.9 Å². The Kier molecular flexibility index (Phi) is 5.92. The van der Waals surface area contributed by atoms with Gasteiger partial charge in [-0.15, -0.1) is 22.7 Å². The van der Waals surface area contributed by atoms with Crippen molar-refractivity contribution in [1.29, 1.82) is 5.26 Å². The number of amides is 1. The molecule has 0 saturated carbocycles. The highest BCUT2D eigenvalue weighted by Gasteiger charge is 2.23. The van der Waals surface area contributed by atoms with E-state index in [2.05, 4.69) is 11.1 Å². The summed E-state index contributed by atoms with van der Waals surface area (Å²) in [5.41, 5.74) is 2.25. The van der Waals surface area contributed by atoms with E-state index >= 15 is 0 Å². The van der Waals surface area contributed by atoms with Crippen LogP contribution in [0.2, 0.25) is 0 Å². The Labute approximate surface area is 192 Å². The number of carbonyl (C=O) groups excluding carboxylic acids is 1. The van der Waals surface area contributed by atoms with Crippen molar-refractivity contribution in [3.8, 4) is 6.07 Å². The number of sulfonamides is 1. The maximum atomic E-state index is 12.4. The van der Waals surface area contributed by atoms with Crippen LogP contribution < -0.4 is 9.62 Å². The van der Waals surface area contributed by atoms with E-state index in [-0.39, 0.29) is 5.69 Å². The lowest BCUT2D eigenvalue weighted by Crippen LogP contribution is -2.30. The molecule has 0 unspecified atom stereocenters. The third-order valence-corrected chi connectivity index (χ3v) is 7.02. The summed E-state index contributed by atoms with van der Waals surface area (Å²) in [4.78, 5) is 24.0. The van der Waals surface area contributed by atoms with Crippen LogP contribution in [0, 0.1) is 18.3 Å². The van der Waals surface area contributed by atoms with Crippen LogP contribution in [0.3, 0.4) is 0 Å². The molecule has 8 nitrogen and oxygen atoms in total. The number of aryl methyl sites for hydroxylation is 1. The molecule has 11 heteroatoms. The van der Waals surface area contributed by atoms with Gasteiger partial charge in [0.05, 0.1) is 34.6 Å². The molecule has 2 aromatic carbocycles. The molecular formula is C21H17N5O3S3. The minimum Gasteiger partial charge on any atom is -0.311 e. The summed E-state index contributed by atoms with van der Waals surface area (Å²) in [6.45, 7) is 2.11. The number of thiazole rings is 2. The molecule has 32 heavy (non-hydrogen) atoms. The van der Waals surface area contributed by atoms with Gasteiger partial charge in [-0.2, -0.15) is 5.26 Å². The molecule has 2 heterocycles. The number of benzene rings is 2. The molecule has 1 amide bonds. The highest BCUT2D eigenvalue weighted by Crippen LogP contribution is 2.34. The Balaban J connectivity index is 1.74. The summed E-state index contributed by atoms with van der Waals surface area (Å²) in [5.74, 6) is -0.771. The van der Waals surface area contributed by atoms with Gasteiger partial charge >= 0.3 is 0 Å². The average Bonchev–Trinajstić information content (AvgIpc) is 3.33. The Bertz CT molecular complexity index is 1420. The first kappa shape index (κ1) is 21.9. The van der Waals surface area contributed by atoms with Crippen LogP contribution in [0.5, 0.6) is 0 Å². The number of anilines is 2. The van der Waals surface area contributed by atoms with E-state index in [4.69, 9.17) is 10.2 Å². The van der Waals surface area contributed by atoms with E-state index in [1.807, 2.05) is 33.9 Å². The van der Waals surface area contributed by atoms with Crippen molar-refractivity contribution >= 4 is 59.6 Å². The van der Waals surface area contributed by atoms with Gasteiger partial charge in [0.15, 0.2) is 5.13 Å². The smallest absolute Gasteiger partial charge is 0.284 e. The van der Waals surface area contributed by atoms with Crippen LogP contribution in [0.4, 0.5) is 10.8 Å². The van der Waals surface area contributed by atoms with Gasteiger partial charge in [-0.25, -0.2) is 23.1 Å². The molecule has 0 aliphatic carbocycles. The topological polar surface area (TPSA) is 116 Å². The Morgan fingerprint density at radius 2 is 1.84 bits per heavy atom. The van der Waals surface area contributed by atoms with Crippen molar-refractivity contribution in [2.24, 2.45) is 0 Å². The highest BCUT2D eigenvalue weighted by atomic mass is 32.2. The fourth-order valence-corrected chi connectivity index (χ4v) is 5.35. The van der Waals surface area contributed by atoms with Crippen LogP contribution in [-0.2, 0) is 16.6 Å². The maximum absolute atomic E-state index is 12.4. The maximum Gasteiger partial charge on any atom is 0.284 e. The number of hydrogen-bond donors (Lipinski definition) is 1. The molecule has 0 aliphatic heterocycles. The van der Waals surface area contributed by atoms with Crippen LogP contribution in [-0.4, -0.2) is 30.5 Å². The summed E-state index contributed by atoms with van der Waals surface area (Å²) in [7, 11) is -3.71. The molecule has 0 aliphatic rings. The second kappa shape index (κ2) is 8.66. The minimum absolute atomic E-state index is 0.0540. The van der Waals surface area contributed by atoms with Gasteiger partial charge < -0.3 is 4.90 Å². The molecule has 0 spiro atoms. The first-order valence-electron chi connectivity index (χ1n) is 9.35. The molecule has 4 aromatic rings. The quantitative estimate of drug-likeness (QED) is 0.441. The predicted molar refractivity (Wildman–Crippen MR) is 126 cm³/mol. The van der Waals surface area contributed by atoms with E-state index in [0.717, 1.165) is 27.2 Å². The standard InChI is InChI=1S/C21H17N5O3S3/c1-13-19(20(27)25-32(2,28)29)24-21(30-13)26(15-9-7-14(11-22)8-10-15)12-18-23-16-5-3-4-6-17(16)31-18/h3-10H,12H2,1-2H3,(H,25,27). The molecule has 1 N–H and O–H groups in total. The largest absolute Gasteiger partial charge is 0.311 e. The summed E-state index contributed by atoms with van der Waals surface area (Å²) in [6, 6.07) is 17.0. The Hall–Kier alpha value is -3.33. The first-order valence-corrected chi connectivity index (χ1v) is 12.9. The number of nitrogens with zero attached hydrogens (tertiary/aromatic N) is 4. The molecule has 0 saturated heterocycles. The number of para-hydroxylation sites is 1. The fourth-order valence-electron chi connectivity index (χ4n) is 3.03. The average molecular weight is 484 g/mol. The lowest BCUT2D eigenvalue weighted by molar-refractivity contribution is 0.0977. The summed E-state index contributed by atoms with van der Waals surface area (Å²) < 4.78 is 26.0. The van der Waals surface area contributed by atoms with Crippen LogP contribution in [0.15, 0.2) is 48.5 Å². The summed E-state index contributed by atoms with van der Waals surface area (Å²) in [6.07, 6.45) is 0.920. The number of hydrogen-bond acceptors (Lipinski definition) is 9. The van der Waals surface area contributed by atoms with Crippen LogP contribution in [0.25, 0.3) is 10.2 Å². The van der Waals surface area contributed by atoms with Crippen molar-refractivity contribution < 1.29 is 13.2 Å². The zero-order valence-electron chi connectivity index (χ0n) is 17.1. The number of fused-ring (bicyclic) bond motifs is 1. The van der Waals surface area contributed by atoms with Crippen LogP contribution >= 0.6 is 22.7 Å². The van der Waals surface area contributed by atoms with Gasteiger partial charge in [0.25, 0.3) is 5.91 Å². The lowest BCUT2D eigenvalue weighted by atomic mass is 10.2. The molecular weight excluding hydrogens is 466 g/mol. The van der Waals surface area contributed by atoms with Crippen molar-refractivity contribution in [2.75, 3.05) is 11.2 Å². The number of carbonyl (C=O) groups is 1. The van der Waals surface area contributed by atoms with Gasteiger partial charge in [-0.3, -0.25) is 4.79 Å². The number of rotatable bonds is 6. The predicted octanol–water partition coefficient (Wildman–Crippen LogP) is 3.96. The molecule has 162 valence electrons. The van der Waals surface area contributed by atoms with Gasteiger partial charge in [-0.05, 0) is 43.3 Å². The van der Waals surface area contributed by atoms with Gasteiger partial charge in [0.2, 0.25) is 10.0 Å². The van der Waals surface area contributed by atoms with Crippen LogP contribution in [0.1, 0.15) is 25.9 Å². The van der Waals surface area contributed by atoms with Gasteiger partial charge in [0, 0.05) is 10.6 Å². The first-order chi connectivity index (χ1) is 15.2. The SMILES string of the molecule is Cc1sc(N(Cc2nc3ccccc3s2)c2ccc(C#N)cc2)nc1C(=O)NS(C)(=O)=O. The molecule has 0 atom stereocenters. The highest BCUT2D eigenvalue weighted by molar-refractivity contribution is 7.89. The molecule has 0 radical (unpaired) electrons. The number of aromatic nitrogens is 2. The second-order valence-electron chi connectivity index (χ2n) is 6.92. The monoisotopic (exact) mass is 483 g/mol. The Morgan fingerprint density at radius 3 is 2.50 bits per heavy atom.